The van der Waals surface area contributed by atoms with Crippen LogP contribution in [0.25, 0.3) is 0 Å². The van der Waals surface area contributed by atoms with Gasteiger partial charge < -0.3 is 9.80 Å². The normalized spacial score (nSPS) is 23.7. The van der Waals surface area contributed by atoms with Gasteiger partial charge in [0.15, 0.2) is 0 Å². The lowest BCUT2D eigenvalue weighted by Gasteiger charge is -2.42. The van der Waals surface area contributed by atoms with E-state index >= 15 is 0 Å². The zero-order chi connectivity index (χ0) is 15.5. The van der Waals surface area contributed by atoms with Gasteiger partial charge in [0.25, 0.3) is 0 Å². The van der Waals surface area contributed by atoms with Crippen molar-refractivity contribution in [2.24, 2.45) is 0 Å². The number of benzene rings is 1. The van der Waals surface area contributed by atoms with E-state index in [9.17, 15) is 9.59 Å². The van der Waals surface area contributed by atoms with Gasteiger partial charge in [-0.25, -0.2) is 0 Å². The smallest absolute Gasteiger partial charge is 0.244 e. The van der Waals surface area contributed by atoms with E-state index in [0.29, 0.717) is 0 Å². The molecule has 3 rings (SSSR count). The fourth-order valence-electron chi connectivity index (χ4n) is 3.41. The Bertz CT molecular complexity index is 538. The topological polar surface area (TPSA) is 43.9 Å². The molecule has 2 aliphatic heterocycles. The van der Waals surface area contributed by atoms with E-state index in [1.807, 2.05) is 40.1 Å². The maximum Gasteiger partial charge on any atom is 0.244 e. The summed E-state index contributed by atoms with van der Waals surface area (Å²) in [5.41, 5.74) is 0.986. The quantitative estimate of drug-likeness (QED) is 0.828. The second kappa shape index (κ2) is 6.48. The van der Waals surface area contributed by atoms with E-state index in [0.717, 1.165) is 51.3 Å². The van der Waals surface area contributed by atoms with Crippen molar-refractivity contribution in [1.82, 2.24) is 9.80 Å². The lowest BCUT2D eigenvalue weighted by molar-refractivity contribution is -0.132. The zero-order valence-corrected chi connectivity index (χ0v) is 13.1. The van der Waals surface area contributed by atoms with Gasteiger partial charge in [-0.1, -0.05) is 18.2 Å². The largest absolute Gasteiger partial charge is 0.340 e. The average molecular weight is 301 g/mol. The minimum Gasteiger partial charge on any atom is -0.340 e. The summed E-state index contributed by atoms with van der Waals surface area (Å²) in [6.07, 6.45) is 1.94. The van der Waals surface area contributed by atoms with Gasteiger partial charge >= 0.3 is 0 Å². The molecule has 1 aromatic rings. The van der Waals surface area contributed by atoms with Crippen molar-refractivity contribution in [2.75, 3.05) is 37.6 Å². The van der Waals surface area contributed by atoms with E-state index in [2.05, 4.69) is 4.90 Å². The molecule has 2 heterocycles. The number of carbonyl (C=O) groups is 2. The van der Waals surface area contributed by atoms with Crippen LogP contribution in [-0.2, 0) is 9.59 Å². The first-order valence-corrected chi connectivity index (χ1v) is 8.03. The van der Waals surface area contributed by atoms with Crippen LogP contribution in [0.4, 0.5) is 5.69 Å². The maximum atomic E-state index is 12.8. The molecule has 2 amide bonds. The predicted molar refractivity (Wildman–Crippen MR) is 85.6 cm³/mol. The van der Waals surface area contributed by atoms with E-state index in [1.165, 1.54) is 0 Å². The van der Waals surface area contributed by atoms with Gasteiger partial charge in [-0.2, -0.15) is 0 Å². The highest BCUT2D eigenvalue weighted by Gasteiger charge is 2.35. The minimum atomic E-state index is -0.0388. The number of carbonyl (C=O) groups excluding carboxylic acids is 2. The fraction of sp³-hybridized carbons (Fsp3) is 0.529. The minimum absolute atomic E-state index is 0.0388. The van der Waals surface area contributed by atoms with Crippen LogP contribution < -0.4 is 4.90 Å². The highest BCUT2D eigenvalue weighted by Crippen LogP contribution is 2.24. The number of rotatable bonds is 2. The molecule has 0 bridgehead atoms. The lowest BCUT2D eigenvalue weighted by atomic mass is 10.0. The Kier molecular flexibility index (Phi) is 4.43. The van der Waals surface area contributed by atoms with Crippen molar-refractivity contribution in [1.29, 1.82) is 0 Å². The molecule has 0 N–H and O–H groups in total. The van der Waals surface area contributed by atoms with Crippen molar-refractivity contribution in [3.8, 4) is 0 Å². The molecule has 2 saturated heterocycles. The van der Waals surface area contributed by atoms with Crippen LogP contribution in [0.5, 0.6) is 0 Å². The SMILES string of the molecule is CC(=O)N1CCN(C2CCCN(c3ccccc3)C2=O)CC1. The molecular formula is C17H23N3O2. The summed E-state index contributed by atoms with van der Waals surface area (Å²) in [5, 5.41) is 0. The van der Waals surface area contributed by atoms with Crippen LogP contribution >= 0.6 is 0 Å². The number of piperazine rings is 1. The molecule has 2 fully saturated rings. The van der Waals surface area contributed by atoms with Gasteiger partial charge in [-0.3, -0.25) is 14.5 Å². The molecule has 0 aliphatic carbocycles. The van der Waals surface area contributed by atoms with Crippen molar-refractivity contribution in [2.45, 2.75) is 25.8 Å². The van der Waals surface area contributed by atoms with Gasteiger partial charge in [0.1, 0.15) is 0 Å². The molecule has 0 spiro atoms. The van der Waals surface area contributed by atoms with Gasteiger partial charge in [0.2, 0.25) is 11.8 Å². The van der Waals surface area contributed by atoms with Crippen molar-refractivity contribution in [3.05, 3.63) is 30.3 Å². The first-order valence-electron chi connectivity index (χ1n) is 8.03. The van der Waals surface area contributed by atoms with Crippen molar-refractivity contribution >= 4 is 17.5 Å². The Morgan fingerprint density at radius 3 is 2.36 bits per heavy atom. The maximum absolute atomic E-state index is 12.8. The van der Waals surface area contributed by atoms with E-state index in [1.54, 1.807) is 6.92 Å². The molecule has 0 radical (unpaired) electrons. The number of anilines is 1. The van der Waals surface area contributed by atoms with Crippen LogP contribution in [0, 0.1) is 0 Å². The summed E-state index contributed by atoms with van der Waals surface area (Å²) in [6, 6.07) is 9.86. The molecule has 2 aliphatic rings. The Morgan fingerprint density at radius 1 is 1.05 bits per heavy atom. The highest BCUT2D eigenvalue weighted by atomic mass is 16.2. The first-order chi connectivity index (χ1) is 10.7. The zero-order valence-electron chi connectivity index (χ0n) is 13.1. The van der Waals surface area contributed by atoms with E-state index < -0.39 is 0 Å². The third-order valence-electron chi connectivity index (χ3n) is 4.68. The van der Waals surface area contributed by atoms with Crippen LogP contribution in [0.3, 0.4) is 0 Å². The second-order valence-electron chi connectivity index (χ2n) is 6.03. The van der Waals surface area contributed by atoms with Crippen LogP contribution in [0.1, 0.15) is 19.8 Å². The molecule has 1 aromatic carbocycles. The molecule has 0 saturated carbocycles. The summed E-state index contributed by atoms with van der Waals surface area (Å²) in [4.78, 5) is 30.3. The average Bonchev–Trinajstić information content (AvgIpc) is 2.56. The standard InChI is InChI=1S/C17H23N3O2/c1-14(21)18-10-12-19(13-11-18)16-8-5-9-20(17(16)22)15-6-3-2-4-7-15/h2-4,6-7,16H,5,8-13H2,1H3. The monoisotopic (exact) mass is 301 g/mol. The molecule has 5 heteroatoms. The van der Waals surface area contributed by atoms with Crippen LogP contribution in [-0.4, -0.2) is 60.4 Å². The van der Waals surface area contributed by atoms with Gasteiger partial charge in [0.05, 0.1) is 6.04 Å². The molecule has 1 unspecified atom stereocenters. The van der Waals surface area contributed by atoms with Crippen molar-refractivity contribution < 1.29 is 9.59 Å². The number of amides is 2. The number of hydrogen-bond acceptors (Lipinski definition) is 3. The second-order valence-corrected chi connectivity index (χ2v) is 6.03. The third-order valence-corrected chi connectivity index (χ3v) is 4.68. The van der Waals surface area contributed by atoms with Gasteiger partial charge in [-0.05, 0) is 25.0 Å². The Balaban J connectivity index is 1.67. The summed E-state index contributed by atoms with van der Waals surface area (Å²) in [5.74, 6) is 0.328. The summed E-state index contributed by atoms with van der Waals surface area (Å²) in [7, 11) is 0. The van der Waals surface area contributed by atoms with Crippen LogP contribution in [0.15, 0.2) is 30.3 Å². The molecule has 1 atom stereocenters. The number of para-hydroxylation sites is 1. The highest BCUT2D eigenvalue weighted by molar-refractivity contribution is 5.97. The summed E-state index contributed by atoms with van der Waals surface area (Å²) < 4.78 is 0. The molecule has 5 nitrogen and oxygen atoms in total. The number of piperidine rings is 1. The fourth-order valence-corrected chi connectivity index (χ4v) is 3.41. The summed E-state index contributed by atoms with van der Waals surface area (Å²) in [6.45, 7) is 5.44. The van der Waals surface area contributed by atoms with Gasteiger partial charge in [-0.15, -0.1) is 0 Å². The Labute approximate surface area is 131 Å². The molecule has 22 heavy (non-hydrogen) atoms. The van der Waals surface area contributed by atoms with Gasteiger partial charge in [0, 0.05) is 45.3 Å². The third kappa shape index (κ3) is 2.99. The summed E-state index contributed by atoms with van der Waals surface area (Å²) >= 11 is 0. The first kappa shape index (κ1) is 15.0. The van der Waals surface area contributed by atoms with E-state index in [4.69, 9.17) is 0 Å². The predicted octanol–water partition coefficient (Wildman–Crippen LogP) is 1.35. The Hall–Kier alpha value is -1.88. The number of nitrogens with zero attached hydrogens (tertiary/aromatic N) is 3. The number of hydrogen-bond donors (Lipinski definition) is 0. The molecule has 118 valence electrons. The Morgan fingerprint density at radius 2 is 1.73 bits per heavy atom. The van der Waals surface area contributed by atoms with Crippen molar-refractivity contribution in [3.63, 3.8) is 0 Å². The van der Waals surface area contributed by atoms with Crippen LogP contribution in [0.2, 0.25) is 0 Å². The molecule has 0 aromatic heterocycles. The molecular weight excluding hydrogens is 278 g/mol. The van der Waals surface area contributed by atoms with E-state index in [-0.39, 0.29) is 17.9 Å². The lowest BCUT2D eigenvalue weighted by Crippen LogP contribution is -2.58.